The monoisotopic (exact) mass is 264 g/mol. The Bertz CT molecular complexity index is 514. The van der Waals surface area contributed by atoms with Crippen molar-refractivity contribution < 1.29 is 4.74 Å². The van der Waals surface area contributed by atoms with Crippen molar-refractivity contribution in [2.75, 3.05) is 38.1 Å². The van der Waals surface area contributed by atoms with Gasteiger partial charge in [-0.2, -0.15) is 0 Å². The van der Waals surface area contributed by atoms with Gasteiger partial charge in [0.05, 0.1) is 12.2 Å². The van der Waals surface area contributed by atoms with E-state index < -0.39 is 0 Å². The molecule has 2 N–H and O–H groups in total. The van der Waals surface area contributed by atoms with Crippen LogP contribution in [0.25, 0.3) is 0 Å². The summed E-state index contributed by atoms with van der Waals surface area (Å²) in [6, 6.07) is 0. The van der Waals surface area contributed by atoms with E-state index in [1.165, 1.54) is 0 Å². The van der Waals surface area contributed by atoms with Crippen LogP contribution in [-0.4, -0.2) is 47.7 Å². The van der Waals surface area contributed by atoms with E-state index in [-0.39, 0.29) is 11.7 Å². The summed E-state index contributed by atoms with van der Waals surface area (Å²) in [4.78, 5) is 21.8. The van der Waals surface area contributed by atoms with Gasteiger partial charge in [-0.3, -0.25) is 9.69 Å². The smallest absolute Gasteiger partial charge is 0.256 e. The molecular formula is C13H20N4O2. The lowest BCUT2D eigenvalue weighted by Gasteiger charge is -2.31. The average molecular weight is 264 g/mol. The van der Waals surface area contributed by atoms with E-state index in [4.69, 9.17) is 4.74 Å². The van der Waals surface area contributed by atoms with Crippen molar-refractivity contribution in [1.82, 2.24) is 14.9 Å². The van der Waals surface area contributed by atoms with E-state index >= 15 is 0 Å². The van der Waals surface area contributed by atoms with Crippen LogP contribution in [0, 0.1) is 0 Å². The van der Waals surface area contributed by atoms with Crippen LogP contribution in [0.3, 0.4) is 0 Å². The highest BCUT2D eigenvalue weighted by atomic mass is 16.5. The molecule has 1 aromatic rings. The topological polar surface area (TPSA) is 70.2 Å². The minimum Gasteiger partial charge on any atom is -0.370 e. The number of aromatic nitrogens is 2. The van der Waals surface area contributed by atoms with E-state index in [0.717, 1.165) is 50.4 Å². The standard InChI is InChI=1S/C13H20N4O2/c1-2-17-6-7-19-10(8-17)12-15-11-9(13(18)16-12)4-3-5-14-11/h10H,2-8H2,1H3,(H2,14,15,16,18). The molecule has 1 fully saturated rings. The Labute approximate surface area is 112 Å². The SMILES string of the molecule is CCN1CCOC(c2nc3c(c(=O)[nH]2)CCCN3)C1. The molecule has 0 aromatic carbocycles. The summed E-state index contributed by atoms with van der Waals surface area (Å²) >= 11 is 0. The van der Waals surface area contributed by atoms with Crippen molar-refractivity contribution in [3.63, 3.8) is 0 Å². The van der Waals surface area contributed by atoms with Crippen LogP contribution < -0.4 is 10.9 Å². The molecule has 0 aliphatic carbocycles. The zero-order chi connectivity index (χ0) is 13.2. The maximum atomic E-state index is 12.1. The second kappa shape index (κ2) is 5.30. The lowest BCUT2D eigenvalue weighted by Crippen LogP contribution is -2.39. The fraction of sp³-hybridized carbons (Fsp3) is 0.692. The third-order valence-corrected chi connectivity index (χ3v) is 3.83. The molecule has 3 rings (SSSR count). The van der Waals surface area contributed by atoms with Crippen LogP contribution in [0.1, 0.15) is 30.8 Å². The number of anilines is 1. The summed E-state index contributed by atoms with van der Waals surface area (Å²) in [7, 11) is 0. The highest BCUT2D eigenvalue weighted by Crippen LogP contribution is 2.22. The minimum atomic E-state index is -0.129. The molecule has 19 heavy (non-hydrogen) atoms. The largest absolute Gasteiger partial charge is 0.370 e. The Morgan fingerprint density at radius 1 is 1.53 bits per heavy atom. The van der Waals surface area contributed by atoms with Gasteiger partial charge in [-0.1, -0.05) is 6.92 Å². The summed E-state index contributed by atoms with van der Waals surface area (Å²) in [5.41, 5.74) is 0.752. The first-order chi connectivity index (χ1) is 9.28. The van der Waals surface area contributed by atoms with Gasteiger partial charge in [-0.05, 0) is 19.4 Å². The molecule has 2 aliphatic heterocycles. The molecule has 1 unspecified atom stereocenters. The third-order valence-electron chi connectivity index (χ3n) is 3.83. The maximum Gasteiger partial charge on any atom is 0.256 e. The molecule has 0 radical (unpaired) electrons. The lowest BCUT2D eigenvalue weighted by atomic mass is 10.1. The lowest BCUT2D eigenvalue weighted by molar-refractivity contribution is -0.0326. The van der Waals surface area contributed by atoms with Crippen molar-refractivity contribution in [3.8, 4) is 0 Å². The average Bonchev–Trinajstić information content (AvgIpc) is 2.47. The molecule has 6 nitrogen and oxygen atoms in total. The summed E-state index contributed by atoms with van der Waals surface area (Å²) in [5.74, 6) is 1.39. The Hall–Kier alpha value is -1.40. The molecule has 6 heteroatoms. The maximum absolute atomic E-state index is 12.1. The summed E-state index contributed by atoms with van der Waals surface area (Å²) in [5, 5.41) is 3.21. The van der Waals surface area contributed by atoms with Crippen molar-refractivity contribution in [2.24, 2.45) is 0 Å². The van der Waals surface area contributed by atoms with Gasteiger partial charge in [0.15, 0.2) is 0 Å². The normalized spacial score (nSPS) is 23.7. The molecule has 0 amide bonds. The number of fused-ring (bicyclic) bond motifs is 1. The molecular weight excluding hydrogens is 244 g/mol. The van der Waals surface area contributed by atoms with Gasteiger partial charge in [0, 0.05) is 19.6 Å². The third kappa shape index (κ3) is 2.50. The van der Waals surface area contributed by atoms with Gasteiger partial charge in [-0.25, -0.2) is 4.98 Å². The van der Waals surface area contributed by atoms with Gasteiger partial charge in [-0.15, -0.1) is 0 Å². The van der Waals surface area contributed by atoms with Crippen molar-refractivity contribution in [1.29, 1.82) is 0 Å². The number of hydrogen-bond donors (Lipinski definition) is 2. The zero-order valence-electron chi connectivity index (χ0n) is 11.2. The molecule has 0 spiro atoms. The van der Waals surface area contributed by atoms with Crippen LogP contribution in [0.15, 0.2) is 4.79 Å². The molecule has 1 atom stereocenters. The number of ether oxygens (including phenoxy) is 1. The predicted molar refractivity (Wildman–Crippen MR) is 72.5 cm³/mol. The summed E-state index contributed by atoms with van der Waals surface area (Å²) in [6.45, 7) is 6.43. The number of aromatic amines is 1. The second-order valence-electron chi connectivity index (χ2n) is 5.06. The van der Waals surface area contributed by atoms with Crippen molar-refractivity contribution in [2.45, 2.75) is 25.9 Å². The van der Waals surface area contributed by atoms with Crippen molar-refractivity contribution in [3.05, 3.63) is 21.7 Å². The van der Waals surface area contributed by atoms with Crippen molar-refractivity contribution >= 4 is 5.82 Å². The Morgan fingerprint density at radius 3 is 3.26 bits per heavy atom. The highest BCUT2D eigenvalue weighted by molar-refractivity contribution is 5.45. The zero-order valence-corrected chi connectivity index (χ0v) is 11.2. The fourth-order valence-electron chi connectivity index (χ4n) is 2.67. The van der Waals surface area contributed by atoms with E-state index in [1.54, 1.807) is 0 Å². The number of hydrogen-bond acceptors (Lipinski definition) is 5. The van der Waals surface area contributed by atoms with Gasteiger partial charge < -0.3 is 15.0 Å². The molecule has 0 saturated carbocycles. The summed E-state index contributed by atoms with van der Waals surface area (Å²) < 4.78 is 5.74. The van der Waals surface area contributed by atoms with E-state index in [0.29, 0.717) is 12.4 Å². The number of rotatable bonds is 2. The Balaban J connectivity index is 1.88. The van der Waals surface area contributed by atoms with Crippen LogP contribution in [0.4, 0.5) is 5.82 Å². The molecule has 104 valence electrons. The first kappa shape index (κ1) is 12.6. The number of H-pyrrole nitrogens is 1. The first-order valence-electron chi connectivity index (χ1n) is 6.99. The number of nitrogens with one attached hydrogen (secondary N) is 2. The van der Waals surface area contributed by atoms with Crippen LogP contribution >= 0.6 is 0 Å². The molecule has 1 aromatic heterocycles. The Kier molecular flexibility index (Phi) is 3.52. The van der Waals surface area contributed by atoms with Gasteiger partial charge in [0.25, 0.3) is 5.56 Å². The van der Waals surface area contributed by atoms with E-state index in [2.05, 4.69) is 27.1 Å². The van der Waals surface area contributed by atoms with Gasteiger partial charge in [0.1, 0.15) is 17.7 Å². The van der Waals surface area contributed by atoms with Crippen LogP contribution in [0.2, 0.25) is 0 Å². The first-order valence-corrected chi connectivity index (χ1v) is 6.99. The minimum absolute atomic E-state index is 0.0237. The van der Waals surface area contributed by atoms with Crippen LogP contribution in [0.5, 0.6) is 0 Å². The quantitative estimate of drug-likeness (QED) is 0.815. The van der Waals surface area contributed by atoms with E-state index in [1.807, 2.05) is 0 Å². The van der Waals surface area contributed by atoms with Gasteiger partial charge in [0.2, 0.25) is 0 Å². The highest BCUT2D eigenvalue weighted by Gasteiger charge is 2.25. The molecule has 2 aliphatic rings. The fourth-order valence-corrected chi connectivity index (χ4v) is 2.67. The molecule has 1 saturated heterocycles. The Morgan fingerprint density at radius 2 is 2.42 bits per heavy atom. The number of morpholine rings is 1. The molecule has 0 bridgehead atoms. The number of likely N-dealkylation sites (N-methyl/N-ethyl adjacent to an activating group) is 1. The van der Waals surface area contributed by atoms with Crippen LogP contribution in [-0.2, 0) is 11.2 Å². The second-order valence-corrected chi connectivity index (χ2v) is 5.06. The number of nitrogens with zero attached hydrogens (tertiary/aromatic N) is 2. The summed E-state index contributed by atoms with van der Waals surface area (Å²) in [6.07, 6.45) is 1.66. The van der Waals surface area contributed by atoms with Gasteiger partial charge >= 0.3 is 0 Å². The van der Waals surface area contributed by atoms with E-state index in [9.17, 15) is 4.79 Å². The molecule has 3 heterocycles. The predicted octanol–water partition coefficient (Wildman–Crippen LogP) is 0.521.